The van der Waals surface area contributed by atoms with Gasteiger partial charge in [-0.2, -0.15) is 0 Å². The second kappa shape index (κ2) is 7.74. The number of hydrogen-bond donors (Lipinski definition) is 0. The highest BCUT2D eigenvalue weighted by atomic mass is 16.1. The van der Waals surface area contributed by atoms with Crippen LogP contribution >= 0.6 is 0 Å². The summed E-state index contributed by atoms with van der Waals surface area (Å²) in [6, 6.07) is 14.6. The molecule has 2 aliphatic rings. The molecule has 3 aromatic rings. The van der Waals surface area contributed by atoms with Crippen LogP contribution < -0.4 is 10.5 Å². The van der Waals surface area contributed by atoms with Crippen molar-refractivity contribution in [3.05, 3.63) is 76.8 Å². The first-order chi connectivity index (χ1) is 15.1. The number of pyridine rings is 1. The van der Waals surface area contributed by atoms with E-state index in [-0.39, 0.29) is 23.4 Å². The monoisotopic (exact) mass is 415 g/mol. The molecule has 0 saturated carbocycles. The third-order valence-electron chi connectivity index (χ3n) is 6.50. The average Bonchev–Trinajstić information content (AvgIpc) is 3.17. The Morgan fingerprint density at radius 3 is 2.52 bits per heavy atom. The van der Waals surface area contributed by atoms with Crippen molar-refractivity contribution < 1.29 is 4.79 Å². The Labute approximate surface area is 181 Å². The van der Waals surface area contributed by atoms with E-state index in [9.17, 15) is 9.59 Å². The zero-order valence-electron chi connectivity index (χ0n) is 17.6. The fourth-order valence-electron chi connectivity index (χ4n) is 4.83. The molecule has 0 amide bonds. The van der Waals surface area contributed by atoms with Gasteiger partial charge in [-0.15, -0.1) is 0 Å². The molecule has 0 aliphatic carbocycles. The standard InChI is InChI=1S/C24H25N5O2/c1-27-13-9-24(17-27)10-14-28-22(31)15-20(18-7-11-25-12-8-18)26-23(28)29(24)16-21(30)19-5-3-2-4-6-19/h2-8,11-12,15H,9-10,13-14,16-17H2,1H3. The smallest absolute Gasteiger partial charge is 0.255 e. The molecule has 0 radical (unpaired) electrons. The second-order valence-electron chi connectivity index (χ2n) is 8.50. The van der Waals surface area contributed by atoms with Crippen molar-refractivity contribution in [2.24, 2.45) is 0 Å². The Morgan fingerprint density at radius 2 is 1.81 bits per heavy atom. The van der Waals surface area contributed by atoms with Crippen LogP contribution in [0.4, 0.5) is 5.95 Å². The van der Waals surface area contributed by atoms with Crippen LogP contribution in [0.2, 0.25) is 0 Å². The molecule has 2 aliphatic heterocycles. The summed E-state index contributed by atoms with van der Waals surface area (Å²) in [6.45, 7) is 2.63. The number of benzene rings is 1. The third kappa shape index (κ3) is 3.55. The van der Waals surface area contributed by atoms with E-state index in [4.69, 9.17) is 4.98 Å². The lowest BCUT2D eigenvalue weighted by Crippen LogP contribution is -2.58. The summed E-state index contributed by atoms with van der Waals surface area (Å²) in [5.74, 6) is 0.622. The molecule has 158 valence electrons. The highest BCUT2D eigenvalue weighted by Gasteiger charge is 2.46. The van der Waals surface area contributed by atoms with Gasteiger partial charge in [0.2, 0.25) is 5.95 Å². The molecule has 1 unspecified atom stereocenters. The average molecular weight is 415 g/mol. The van der Waals surface area contributed by atoms with Crippen LogP contribution in [-0.4, -0.2) is 57.4 Å². The number of rotatable bonds is 4. The molecular weight excluding hydrogens is 390 g/mol. The molecule has 1 spiro atoms. The maximum absolute atomic E-state index is 13.2. The zero-order valence-corrected chi connectivity index (χ0v) is 17.6. The summed E-state index contributed by atoms with van der Waals surface area (Å²) in [7, 11) is 2.11. The lowest BCUT2D eigenvalue weighted by Gasteiger charge is -2.46. The number of carbonyl (C=O) groups excluding carboxylic acids is 1. The van der Waals surface area contributed by atoms with Crippen LogP contribution in [0.5, 0.6) is 0 Å². The van der Waals surface area contributed by atoms with Gasteiger partial charge in [0, 0.05) is 49.2 Å². The van der Waals surface area contributed by atoms with E-state index >= 15 is 0 Å². The van der Waals surface area contributed by atoms with E-state index in [1.807, 2.05) is 42.5 Å². The molecule has 7 heteroatoms. The van der Waals surface area contributed by atoms with Crippen molar-refractivity contribution in [2.45, 2.75) is 24.9 Å². The van der Waals surface area contributed by atoms with Gasteiger partial charge in [-0.1, -0.05) is 30.3 Å². The second-order valence-corrected chi connectivity index (χ2v) is 8.50. The van der Waals surface area contributed by atoms with Gasteiger partial charge in [-0.3, -0.25) is 19.1 Å². The van der Waals surface area contributed by atoms with Crippen molar-refractivity contribution in [3.63, 3.8) is 0 Å². The first-order valence-electron chi connectivity index (χ1n) is 10.6. The molecule has 5 rings (SSSR count). The van der Waals surface area contributed by atoms with Crippen LogP contribution in [0.15, 0.2) is 65.7 Å². The van der Waals surface area contributed by atoms with E-state index in [1.54, 1.807) is 23.0 Å². The summed E-state index contributed by atoms with van der Waals surface area (Å²) in [5, 5.41) is 0. The fraction of sp³-hybridized carbons (Fsp3) is 0.333. The van der Waals surface area contributed by atoms with Gasteiger partial charge in [-0.25, -0.2) is 4.98 Å². The molecule has 1 fully saturated rings. The van der Waals surface area contributed by atoms with Crippen LogP contribution in [0.3, 0.4) is 0 Å². The quantitative estimate of drug-likeness (QED) is 0.610. The van der Waals surface area contributed by atoms with Gasteiger partial charge in [0.1, 0.15) is 0 Å². The Bertz CT molecular complexity index is 1160. The van der Waals surface area contributed by atoms with E-state index in [0.717, 1.165) is 31.5 Å². The van der Waals surface area contributed by atoms with Gasteiger partial charge in [0.15, 0.2) is 5.78 Å². The lowest BCUT2D eigenvalue weighted by molar-refractivity contribution is 0.0986. The Kier molecular flexibility index (Phi) is 4.90. The molecule has 1 saturated heterocycles. The van der Waals surface area contributed by atoms with Crippen molar-refractivity contribution >= 4 is 11.7 Å². The first kappa shape index (κ1) is 19.6. The molecule has 31 heavy (non-hydrogen) atoms. The van der Waals surface area contributed by atoms with Crippen LogP contribution in [0.25, 0.3) is 11.3 Å². The first-order valence-corrected chi connectivity index (χ1v) is 10.6. The summed E-state index contributed by atoms with van der Waals surface area (Å²) < 4.78 is 1.71. The predicted molar refractivity (Wildman–Crippen MR) is 119 cm³/mol. The van der Waals surface area contributed by atoms with E-state index in [0.29, 0.717) is 23.8 Å². The molecule has 4 heterocycles. The Morgan fingerprint density at radius 1 is 1.06 bits per heavy atom. The zero-order chi connectivity index (χ0) is 21.4. The third-order valence-corrected chi connectivity index (χ3v) is 6.50. The van der Waals surface area contributed by atoms with E-state index in [1.165, 1.54) is 0 Å². The number of likely N-dealkylation sites (N-methyl/N-ethyl adjacent to an activating group) is 1. The van der Waals surface area contributed by atoms with Crippen molar-refractivity contribution in [2.75, 3.05) is 31.6 Å². The summed E-state index contributed by atoms with van der Waals surface area (Å²) in [5.41, 5.74) is 1.84. The molecule has 0 bridgehead atoms. The summed E-state index contributed by atoms with van der Waals surface area (Å²) in [6.07, 6.45) is 5.15. The molecular formula is C24H25N5O2. The number of nitrogens with zero attached hydrogens (tertiary/aromatic N) is 5. The number of aromatic nitrogens is 3. The Balaban J connectivity index is 1.61. The molecule has 1 aromatic carbocycles. The highest BCUT2D eigenvalue weighted by molar-refractivity contribution is 5.99. The SMILES string of the molecule is CN1CCC2(CCn3c(nc(-c4ccncc4)cc3=O)N2CC(=O)c2ccccc2)C1. The number of likely N-dealkylation sites (tertiary alicyclic amines) is 1. The fourth-order valence-corrected chi connectivity index (χ4v) is 4.83. The highest BCUT2D eigenvalue weighted by Crippen LogP contribution is 2.38. The van der Waals surface area contributed by atoms with Crippen LogP contribution in [0, 0.1) is 0 Å². The molecule has 2 aromatic heterocycles. The topological polar surface area (TPSA) is 71.3 Å². The van der Waals surface area contributed by atoms with Gasteiger partial charge in [0.25, 0.3) is 5.56 Å². The molecule has 1 atom stereocenters. The number of ketones is 1. The van der Waals surface area contributed by atoms with Crippen molar-refractivity contribution in [3.8, 4) is 11.3 Å². The maximum Gasteiger partial charge on any atom is 0.255 e. The predicted octanol–water partition coefficient (Wildman–Crippen LogP) is 2.47. The minimum atomic E-state index is -0.199. The summed E-state index contributed by atoms with van der Waals surface area (Å²) >= 11 is 0. The number of Topliss-reactive ketones (excluding diaryl/α,β-unsaturated/α-hetero) is 1. The minimum Gasteiger partial charge on any atom is -0.327 e. The van der Waals surface area contributed by atoms with Gasteiger partial charge in [0.05, 0.1) is 17.8 Å². The molecule has 7 nitrogen and oxygen atoms in total. The van der Waals surface area contributed by atoms with Crippen LogP contribution in [-0.2, 0) is 6.54 Å². The maximum atomic E-state index is 13.2. The number of fused-ring (bicyclic) bond motifs is 1. The van der Waals surface area contributed by atoms with Crippen molar-refractivity contribution in [1.29, 1.82) is 0 Å². The Hall–Kier alpha value is -3.32. The van der Waals surface area contributed by atoms with Gasteiger partial charge in [-0.05, 0) is 32.0 Å². The van der Waals surface area contributed by atoms with Gasteiger partial charge >= 0.3 is 0 Å². The van der Waals surface area contributed by atoms with E-state index < -0.39 is 0 Å². The number of anilines is 1. The number of hydrogen-bond acceptors (Lipinski definition) is 6. The number of carbonyl (C=O) groups is 1. The lowest BCUT2D eigenvalue weighted by atomic mass is 9.89. The summed E-state index contributed by atoms with van der Waals surface area (Å²) in [4.78, 5) is 39.6. The van der Waals surface area contributed by atoms with Gasteiger partial charge < -0.3 is 9.80 Å². The molecule has 0 N–H and O–H groups in total. The largest absolute Gasteiger partial charge is 0.327 e. The van der Waals surface area contributed by atoms with E-state index in [2.05, 4.69) is 21.8 Å². The minimum absolute atomic E-state index is 0.0338. The van der Waals surface area contributed by atoms with Crippen molar-refractivity contribution in [1.82, 2.24) is 19.4 Å². The normalized spacial score (nSPS) is 20.7. The van der Waals surface area contributed by atoms with Crippen LogP contribution in [0.1, 0.15) is 23.2 Å².